The molecule has 0 N–H and O–H groups in total. The second-order valence-electron chi connectivity index (χ2n) is 6.42. The zero-order chi connectivity index (χ0) is 13.8. The van der Waals surface area contributed by atoms with Crippen LogP contribution in [0.15, 0.2) is 12.2 Å². The first-order valence-corrected chi connectivity index (χ1v) is 9.71. The summed E-state index contributed by atoms with van der Waals surface area (Å²) in [5, 5.41) is 0.257. The number of ether oxygens (including phenoxy) is 2. The average Bonchev–Trinajstić information content (AvgIpc) is 2.67. The molecule has 0 aromatic heterocycles. The fraction of sp³-hybridized carbons (Fsp3) is 0.857. The molecule has 1 heterocycles. The predicted molar refractivity (Wildman–Crippen MR) is 77.2 cm³/mol. The molecule has 0 radical (unpaired) electrons. The van der Waals surface area contributed by atoms with E-state index in [9.17, 15) is 0 Å². The van der Waals surface area contributed by atoms with Crippen molar-refractivity contribution in [2.24, 2.45) is 0 Å². The van der Waals surface area contributed by atoms with E-state index in [1.807, 2.05) is 0 Å². The van der Waals surface area contributed by atoms with Gasteiger partial charge in [0, 0.05) is 6.42 Å². The van der Waals surface area contributed by atoms with E-state index >= 15 is 0 Å². The standard InChI is InChI=1S/C14H28O3Si/c1-12(17-18(5,6)14(2,3)4)8-7-9-13-15-10-11-16-13/h7-8,12-13H,9-11H2,1-6H3/b8-7+/t12-/m0/s1. The van der Waals surface area contributed by atoms with Crippen LogP contribution in [0.1, 0.15) is 34.1 Å². The summed E-state index contributed by atoms with van der Waals surface area (Å²) in [6.45, 7) is 14.9. The lowest BCUT2D eigenvalue weighted by Gasteiger charge is -2.37. The van der Waals surface area contributed by atoms with Crippen LogP contribution >= 0.6 is 0 Å². The fourth-order valence-corrected chi connectivity index (χ4v) is 2.97. The Hall–Kier alpha value is -0.163. The van der Waals surface area contributed by atoms with Gasteiger partial charge in [0.2, 0.25) is 0 Å². The van der Waals surface area contributed by atoms with Gasteiger partial charge in [-0.1, -0.05) is 32.9 Å². The first-order valence-electron chi connectivity index (χ1n) is 6.80. The third-order valence-electron chi connectivity index (χ3n) is 3.71. The molecule has 1 fully saturated rings. The summed E-state index contributed by atoms with van der Waals surface area (Å²) in [7, 11) is -1.66. The molecule has 1 atom stereocenters. The van der Waals surface area contributed by atoms with Gasteiger partial charge < -0.3 is 13.9 Å². The Labute approximate surface area is 113 Å². The maximum Gasteiger partial charge on any atom is 0.192 e. The van der Waals surface area contributed by atoms with Gasteiger partial charge in [-0.3, -0.25) is 0 Å². The fourth-order valence-electron chi connectivity index (χ4n) is 1.61. The molecule has 0 aliphatic carbocycles. The number of hydrogen-bond acceptors (Lipinski definition) is 3. The predicted octanol–water partition coefficient (Wildman–Crippen LogP) is 3.72. The van der Waals surface area contributed by atoms with Crippen LogP contribution in [-0.2, 0) is 13.9 Å². The van der Waals surface area contributed by atoms with E-state index in [1.165, 1.54) is 0 Å². The van der Waals surface area contributed by atoms with E-state index in [4.69, 9.17) is 13.9 Å². The Morgan fingerprint density at radius 3 is 2.33 bits per heavy atom. The summed E-state index contributed by atoms with van der Waals surface area (Å²) in [6, 6.07) is 0. The van der Waals surface area contributed by atoms with Crippen molar-refractivity contribution in [2.75, 3.05) is 13.2 Å². The summed E-state index contributed by atoms with van der Waals surface area (Å²) in [6.07, 6.45) is 5.14. The zero-order valence-corrected chi connectivity index (χ0v) is 13.7. The van der Waals surface area contributed by atoms with Crippen LogP contribution in [0.4, 0.5) is 0 Å². The Balaban J connectivity index is 2.36. The topological polar surface area (TPSA) is 27.7 Å². The molecule has 0 saturated carbocycles. The first-order chi connectivity index (χ1) is 8.22. The quantitative estimate of drug-likeness (QED) is 0.564. The molecule has 0 aromatic carbocycles. The first kappa shape index (κ1) is 15.9. The molecule has 1 saturated heterocycles. The lowest BCUT2D eigenvalue weighted by Crippen LogP contribution is -2.42. The molecule has 3 nitrogen and oxygen atoms in total. The molecule has 0 spiro atoms. The zero-order valence-electron chi connectivity index (χ0n) is 12.7. The highest BCUT2D eigenvalue weighted by Crippen LogP contribution is 2.37. The van der Waals surface area contributed by atoms with Crippen LogP contribution in [0.5, 0.6) is 0 Å². The summed E-state index contributed by atoms with van der Waals surface area (Å²) in [4.78, 5) is 0. The number of hydrogen-bond donors (Lipinski definition) is 0. The van der Waals surface area contributed by atoms with Crippen molar-refractivity contribution in [2.45, 2.75) is 64.6 Å². The second-order valence-corrected chi connectivity index (χ2v) is 11.2. The summed E-state index contributed by atoms with van der Waals surface area (Å²) < 4.78 is 17.0. The smallest absolute Gasteiger partial charge is 0.192 e. The van der Waals surface area contributed by atoms with Gasteiger partial charge in [-0.05, 0) is 25.1 Å². The molecule has 1 aliphatic rings. The van der Waals surface area contributed by atoms with Crippen molar-refractivity contribution in [1.29, 1.82) is 0 Å². The summed E-state index contributed by atoms with van der Waals surface area (Å²) >= 11 is 0. The van der Waals surface area contributed by atoms with Gasteiger partial charge in [0.1, 0.15) is 0 Å². The third-order valence-corrected chi connectivity index (χ3v) is 8.29. The van der Waals surface area contributed by atoms with Gasteiger partial charge in [0.15, 0.2) is 14.6 Å². The molecule has 4 heteroatoms. The molecule has 0 aromatic rings. The highest BCUT2D eigenvalue weighted by Gasteiger charge is 2.37. The van der Waals surface area contributed by atoms with Crippen LogP contribution in [-0.4, -0.2) is 33.9 Å². The maximum atomic E-state index is 6.24. The molecular formula is C14H28O3Si. The third kappa shape index (κ3) is 4.84. The lowest BCUT2D eigenvalue weighted by atomic mass is 10.2. The summed E-state index contributed by atoms with van der Waals surface area (Å²) in [5.41, 5.74) is 0. The van der Waals surface area contributed by atoms with E-state index < -0.39 is 8.32 Å². The Bertz CT molecular complexity index is 275. The van der Waals surface area contributed by atoms with Crippen LogP contribution < -0.4 is 0 Å². The van der Waals surface area contributed by atoms with Gasteiger partial charge in [0.25, 0.3) is 0 Å². The van der Waals surface area contributed by atoms with Gasteiger partial charge in [-0.15, -0.1) is 0 Å². The van der Waals surface area contributed by atoms with Gasteiger partial charge >= 0.3 is 0 Å². The van der Waals surface area contributed by atoms with Gasteiger partial charge in [-0.25, -0.2) is 0 Å². The molecule has 18 heavy (non-hydrogen) atoms. The average molecular weight is 272 g/mol. The van der Waals surface area contributed by atoms with E-state index in [2.05, 4.69) is 52.9 Å². The maximum absolute atomic E-state index is 6.24. The van der Waals surface area contributed by atoms with Gasteiger partial charge in [0.05, 0.1) is 19.3 Å². The van der Waals surface area contributed by atoms with E-state index in [-0.39, 0.29) is 17.4 Å². The summed E-state index contributed by atoms with van der Waals surface area (Å²) in [5.74, 6) is 0. The number of rotatable bonds is 5. The Morgan fingerprint density at radius 1 is 1.28 bits per heavy atom. The van der Waals surface area contributed by atoms with Crippen LogP contribution in [0.3, 0.4) is 0 Å². The van der Waals surface area contributed by atoms with Crippen LogP contribution in [0.2, 0.25) is 18.1 Å². The highest BCUT2D eigenvalue weighted by atomic mass is 28.4. The van der Waals surface area contributed by atoms with Crippen LogP contribution in [0, 0.1) is 0 Å². The van der Waals surface area contributed by atoms with Crippen molar-refractivity contribution >= 4 is 8.32 Å². The molecule has 0 bridgehead atoms. The monoisotopic (exact) mass is 272 g/mol. The van der Waals surface area contributed by atoms with E-state index in [1.54, 1.807) is 0 Å². The molecular weight excluding hydrogens is 244 g/mol. The minimum Gasteiger partial charge on any atom is -0.411 e. The van der Waals surface area contributed by atoms with Crippen molar-refractivity contribution in [3.8, 4) is 0 Å². The van der Waals surface area contributed by atoms with Crippen molar-refractivity contribution < 1.29 is 13.9 Å². The minimum absolute atomic E-state index is 0.0543. The lowest BCUT2D eigenvalue weighted by molar-refractivity contribution is -0.0381. The van der Waals surface area contributed by atoms with Crippen molar-refractivity contribution in [1.82, 2.24) is 0 Å². The molecule has 106 valence electrons. The SMILES string of the molecule is C[C@@H](/C=C/CC1OCCO1)O[Si](C)(C)C(C)(C)C. The van der Waals surface area contributed by atoms with E-state index in [0.717, 1.165) is 6.42 Å². The second kappa shape index (κ2) is 6.33. The molecule has 1 aliphatic heterocycles. The minimum atomic E-state index is -1.66. The van der Waals surface area contributed by atoms with Gasteiger partial charge in [-0.2, -0.15) is 0 Å². The van der Waals surface area contributed by atoms with E-state index in [0.29, 0.717) is 13.2 Å². The van der Waals surface area contributed by atoms with Crippen LogP contribution in [0.25, 0.3) is 0 Å². The van der Waals surface area contributed by atoms with Crippen molar-refractivity contribution in [3.63, 3.8) is 0 Å². The molecule has 1 rings (SSSR count). The van der Waals surface area contributed by atoms with Crippen molar-refractivity contribution in [3.05, 3.63) is 12.2 Å². The largest absolute Gasteiger partial charge is 0.411 e. The Morgan fingerprint density at radius 2 is 1.83 bits per heavy atom. The Kier molecular flexibility index (Phi) is 5.59. The molecule has 0 amide bonds. The normalized spacial score (nSPS) is 20.8. The molecule has 0 unspecified atom stereocenters. The highest BCUT2D eigenvalue weighted by molar-refractivity contribution is 6.74.